The van der Waals surface area contributed by atoms with Gasteiger partial charge < -0.3 is 15.4 Å². The van der Waals surface area contributed by atoms with Crippen LogP contribution in [-0.2, 0) is 0 Å². The Morgan fingerprint density at radius 2 is 1.65 bits per heavy atom. The van der Waals surface area contributed by atoms with Crippen LogP contribution in [0.4, 0.5) is 16.2 Å². The quantitative estimate of drug-likeness (QED) is 0.564. The van der Waals surface area contributed by atoms with Crippen LogP contribution >= 0.6 is 0 Å². The highest BCUT2D eigenvalue weighted by molar-refractivity contribution is 5.33. The zero-order valence-electron chi connectivity index (χ0n) is 14.2. The molecule has 1 aromatic carbocycles. The van der Waals surface area contributed by atoms with E-state index in [1.807, 2.05) is 18.2 Å². The summed E-state index contributed by atoms with van der Waals surface area (Å²) in [4.78, 5) is 12.7. The molecule has 2 aromatic heterocycles. The van der Waals surface area contributed by atoms with Crippen molar-refractivity contribution in [1.82, 2.24) is 15.0 Å². The van der Waals surface area contributed by atoms with Crippen LogP contribution in [0.25, 0.3) is 0 Å². The summed E-state index contributed by atoms with van der Waals surface area (Å²) >= 11 is 0. The van der Waals surface area contributed by atoms with E-state index in [-0.39, 0.29) is 5.82 Å². The lowest BCUT2D eigenvalue weighted by Crippen LogP contribution is -2.09. The Kier molecular flexibility index (Phi) is 6.30. The van der Waals surface area contributed by atoms with Crippen molar-refractivity contribution >= 4 is 11.8 Å². The molecular weight excluding hydrogens is 333 g/mol. The molecule has 26 heavy (non-hydrogen) atoms. The van der Waals surface area contributed by atoms with E-state index >= 15 is 0 Å². The summed E-state index contributed by atoms with van der Waals surface area (Å²) in [6.45, 7) is 1.61. The Labute approximate surface area is 151 Å². The standard InChI is InChI=1S/C19H20FN5O/c20-15-6-8-16(9-7-15)26-18-10-14-24-19(25-18)23-13-4-3-12-22-17-5-1-2-11-21-17/h1-2,5-11,14H,3-4,12-13H2,(H,21,22)(H,23,24,25). The lowest BCUT2D eigenvalue weighted by Gasteiger charge is -2.08. The number of anilines is 2. The van der Waals surface area contributed by atoms with Crippen LogP contribution in [0.1, 0.15) is 12.8 Å². The number of unbranched alkanes of at least 4 members (excludes halogenated alkanes) is 1. The zero-order valence-corrected chi connectivity index (χ0v) is 14.2. The predicted molar refractivity (Wildman–Crippen MR) is 99.0 cm³/mol. The molecule has 0 aliphatic carbocycles. The van der Waals surface area contributed by atoms with Gasteiger partial charge in [-0.2, -0.15) is 4.98 Å². The molecule has 0 spiro atoms. The number of nitrogens with one attached hydrogen (secondary N) is 2. The number of ether oxygens (including phenoxy) is 1. The SMILES string of the molecule is Fc1ccc(Oc2ccnc(NCCCCNc3ccccn3)n2)cc1. The van der Waals surface area contributed by atoms with E-state index in [1.54, 1.807) is 30.6 Å². The largest absolute Gasteiger partial charge is 0.439 e. The lowest BCUT2D eigenvalue weighted by molar-refractivity contribution is 0.460. The van der Waals surface area contributed by atoms with Gasteiger partial charge in [-0.25, -0.2) is 14.4 Å². The van der Waals surface area contributed by atoms with E-state index < -0.39 is 0 Å². The number of nitrogens with zero attached hydrogens (tertiary/aromatic N) is 3. The summed E-state index contributed by atoms with van der Waals surface area (Å²) in [6.07, 6.45) is 5.35. The Hall–Kier alpha value is -3.22. The third kappa shape index (κ3) is 5.70. The maximum Gasteiger partial charge on any atom is 0.225 e. The van der Waals surface area contributed by atoms with Gasteiger partial charge in [0.15, 0.2) is 0 Å². The first-order chi connectivity index (χ1) is 12.8. The molecule has 6 nitrogen and oxygen atoms in total. The van der Waals surface area contributed by atoms with Crippen molar-refractivity contribution in [3.8, 4) is 11.6 Å². The number of hydrogen-bond donors (Lipinski definition) is 2. The van der Waals surface area contributed by atoms with Crippen LogP contribution in [0.3, 0.4) is 0 Å². The average Bonchev–Trinajstić information content (AvgIpc) is 2.68. The van der Waals surface area contributed by atoms with Gasteiger partial charge >= 0.3 is 0 Å². The van der Waals surface area contributed by atoms with Crippen LogP contribution in [0.2, 0.25) is 0 Å². The van der Waals surface area contributed by atoms with Crippen LogP contribution < -0.4 is 15.4 Å². The third-order valence-corrected chi connectivity index (χ3v) is 3.52. The first-order valence-corrected chi connectivity index (χ1v) is 8.45. The molecule has 0 bridgehead atoms. The van der Waals surface area contributed by atoms with E-state index in [0.717, 1.165) is 31.7 Å². The van der Waals surface area contributed by atoms with Crippen molar-refractivity contribution in [3.05, 3.63) is 66.7 Å². The van der Waals surface area contributed by atoms with Crippen molar-refractivity contribution in [2.24, 2.45) is 0 Å². The maximum atomic E-state index is 12.9. The van der Waals surface area contributed by atoms with Crippen LogP contribution in [0, 0.1) is 5.82 Å². The van der Waals surface area contributed by atoms with E-state index in [2.05, 4.69) is 25.6 Å². The Morgan fingerprint density at radius 3 is 2.42 bits per heavy atom. The summed E-state index contributed by atoms with van der Waals surface area (Å²) < 4.78 is 18.5. The zero-order chi connectivity index (χ0) is 18.0. The van der Waals surface area contributed by atoms with Crippen molar-refractivity contribution in [3.63, 3.8) is 0 Å². The van der Waals surface area contributed by atoms with Gasteiger partial charge in [-0.1, -0.05) is 6.07 Å². The second-order valence-electron chi connectivity index (χ2n) is 5.55. The van der Waals surface area contributed by atoms with Crippen molar-refractivity contribution in [1.29, 1.82) is 0 Å². The third-order valence-electron chi connectivity index (χ3n) is 3.52. The summed E-state index contributed by atoms with van der Waals surface area (Å²) in [6, 6.07) is 13.2. The molecular formula is C19H20FN5O. The highest BCUT2D eigenvalue weighted by Gasteiger charge is 2.02. The molecule has 0 fully saturated rings. The van der Waals surface area contributed by atoms with Gasteiger partial charge in [-0.05, 0) is 49.2 Å². The van der Waals surface area contributed by atoms with Gasteiger partial charge in [-0.15, -0.1) is 0 Å². The first-order valence-electron chi connectivity index (χ1n) is 8.45. The van der Waals surface area contributed by atoms with Crippen molar-refractivity contribution in [2.45, 2.75) is 12.8 Å². The average molecular weight is 353 g/mol. The van der Waals surface area contributed by atoms with Crippen molar-refractivity contribution < 1.29 is 9.13 Å². The van der Waals surface area contributed by atoms with Crippen LogP contribution in [-0.4, -0.2) is 28.0 Å². The lowest BCUT2D eigenvalue weighted by atomic mass is 10.3. The van der Waals surface area contributed by atoms with Crippen LogP contribution in [0.15, 0.2) is 60.9 Å². The Morgan fingerprint density at radius 1 is 0.846 bits per heavy atom. The number of rotatable bonds is 9. The molecule has 134 valence electrons. The molecule has 2 N–H and O–H groups in total. The molecule has 0 amide bonds. The maximum absolute atomic E-state index is 12.9. The van der Waals surface area contributed by atoms with Crippen LogP contribution in [0.5, 0.6) is 11.6 Å². The van der Waals surface area contributed by atoms with Gasteiger partial charge in [0.1, 0.15) is 17.4 Å². The van der Waals surface area contributed by atoms with Crippen molar-refractivity contribution in [2.75, 3.05) is 23.7 Å². The molecule has 0 unspecified atom stereocenters. The molecule has 0 saturated carbocycles. The smallest absolute Gasteiger partial charge is 0.225 e. The minimum Gasteiger partial charge on any atom is -0.439 e. The highest BCUT2D eigenvalue weighted by Crippen LogP contribution is 2.19. The molecule has 2 heterocycles. The minimum atomic E-state index is -0.306. The molecule has 0 atom stereocenters. The summed E-state index contributed by atoms with van der Waals surface area (Å²) in [5.41, 5.74) is 0. The molecule has 0 aliphatic rings. The number of hydrogen-bond acceptors (Lipinski definition) is 6. The molecule has 7 heteroatoms. The second kappa shape index (κ2) is 9.31. The molecule has 0 aliphatic heterocycles. The summed E-state index contributed by atoms with van der Waals surface area (Å²) in [7, 11) is 0. The fourth-order valence-electron chi connectivity index (χ4n) is 2.24. The number of pyridine rings is 1. The predicted octanol–water partition coefficient (Wildman–Crippen LogP) is 4.11. The fourth-order valence-corrected chi connectivity index (χ4v) is 2.24. The van der Waals surface area contributed by atoms with E-state index in [4.69, 9.17) is 4.74 Å². The number of halogens is 1. The fraction of sp³-hybridized carbons (Fsp3) is 0.211. The van der Waals surface area contributed by atoms with Gasteiger partial charge in [0.25, 0.3) is 0 Å². The second-order valence-corrected chi connectivity index (χ2v) is 5.55. The Balaban J connectivity index is 1.39. The van der Waals surface area contributed by atoms with Gasteiger partial charge in [0, 0.05) is 31.5 Å². The normalized spacial score (nSPS) is 10.3. The van der Waals surface area contributed by atoms with Gasteiger partial charge in [-0.3, -0.25) is 0 Å². The molecule has 0 saturated heterocycles. The molecule has 3 aromatic rings. The van der Waals surface area contributed by atoms with E-state index in [1.165, 1.54) is 12.1 Å². The molecule has 0 radical (unpaired) electrons. The van der Waals surface area contributed by atoms with Gasteiger partial charge in [0.05, 0.1) is 0 Å². The van der Waals surface area contributed by atoms with Gasteiger partial charge in [0.2, 0.25) is 11.8 Å². The van der Waals surface area contributed by atoms with E-state index in [9.17, 15) is 4.39 Å². The first kappa shape index (κ1) is 17.6. The topological polar surface area (TPSA) is 72.0 Å². The number of benzene rings is 1. The minimum absolute atomic E-state index is 0.306. The Bertz CT molecular complexity index is 799. The number of aromatic nitrogens is 3. The van der Waals surface area contributed by atoms with E-state index in [0.29, 0.717) is 17.6 Å². The monoisotopic (exact) mass is 353 g/mol. The molecule has 3 rings (SSSR count). The summed E-state index contributed by atoms with van der Waals surface area (Å²) in [5.74, 6) is 2.01. The highest BCUT2D eigenvalue weighted by atomic mass is 19.1. The summed E-state index contributed by atoms with van der Waals surface area (Å²) in [5, 5.41) is 6.44.